The first-order valence-electron chi connectivity index (χ1n) is 7.46. The number of aromatic nitrogens is 1. The Labute approximate surface area is 114 Å². The van der Waals surface area contributed by atoms with E-state index >= 15 is 0 Å². The molecule has 3 nitrogen and oxygen atoms in total. The first kappa shape index (κ1) is 11.7. The molecule has 0 saturated heterocycles. The van der Waals surface area contributed by atoms with Crippen molar-refractivity contribution in [2.45, 2.75) is 37.7 Å². The molecule has 102 valence electrons. The highest BCUT2D eigenvalue weighted by molar-refractivity contribution is 5.35. The van der Waals surface area contributed by atoms with E-state index in [0.717, 1.165) is 29.7 Å². The van der Waals surface area contributed by atoms with Crippen LogP contribution in [-0.4, -0.2) is 17.2 Å². The van der Waals surface area contributed by atoms with Crippen molar-refractivity contribution in [1.29, 1.82) is 0 Å². The highest BCUT2D eigenvalue weighted by atomic mass is 16.5. The van der Waals surface area contributed by atoms with Gasteiger partial charge < -0.3 is 9.84 Å². The molecular formula is C16H21NO2. The van der Waals surface area contributed by atoms with E-state index in [2.05, 4.69) is 4.98 Å². The van der Waals surface area contributed by atoms with Crippen LogP contribution in [0.1, 0.15) is 37.8 Å². The largest absolute Gasteiger partial charge is 0.495 e. The Morgan fingerprint density at radius 2 is 2.21 bits per heavy atom. The van der Waals surface area contributed by atoms with E-state index in [-0.39, 0.29) is 0 Å². The van der Waals surface area contributed by atoms with E-state index in [1.807, 2.05) is 12.1 Å². The summed E-state index contributed by atoms with van der Waals surface area (Å²) in [4.78, 5) is 4.46. The van der Waals surface area contributed by atoms with E-state index in [1.54, 1.807) is 13.3 Å². The van der Waals surface area contributed by atoms with Gasteiger partial charge in [0.05, 0.1) is 7.11 Å². The number of aliphatic hydroxyl groups is 1. The van der Waals surface area contributed by atoms with Gasteiger partial charge in [-0.3, -0.25) is 4.98 Å². The molecule has 1 aromatic heterocycles. The molecule has 3 fully saturated rings. The lowest BCUT2D eigenvalue weighted by atomic mass is 9.71. The van der Waals surface area contributed by atoms with Crippen molar-refractivity contribution in [3.8, 4) is 5.75 Å². The summed E-state index contributed by atoms with van der Waals surface area (Å²) in [5, 5.41) is 11.3. The van der Waals surface area contributed by atoms with Crippen LogP contribution in [0, 0.1) is 23.7 Å². The van der Waals surface area contributed by atoms with Gasteiger partial charge in [-0.1, -0.05) is 6.42 Å². The zero-order valence-corrected chi connectivity index (χ0v) is 11.4. The average molecular weight is 259 g/mol. The van der Waals surface area contributed by atoms with Crippen LogP contribution in [0.25, 0.3) is 0 Å². The lowest BCUT2D eigenvalue weighted by Crippen LogP contribution is -2.39. The minimum Gasteiger partial charge on any atom is -0.495 e. The lowest BCUT2D eigenvalue weighted by Gasteiger charge is -2.39. The molecule has 3 saturated carbocycles. The predicted octanol–water partition coefficient (Wildman–Crippen LogP) is 2.73. The molecule has 0 spiro atoms. The van der Waals surface area contributed by atoms with E-state index in [1.165, 1.54) is 25.7 Å². The number of fused-ring (bicyclic) bond motifs is 5. The van der Waals surface area contributed by atoms with Crippen LogP contribution in [0.2, 0.25) is 0 Å². The third-order valence-electron chi connectivity index (χ3n) is 5.89. The molecule has 1 N–H and O–H groups in total. The number of hydrogen-bond acceptors (Lipinski definition) is 3. The average Bonchev–Trinajstić information content (AvgIpc) is 3.09. The molecular weight excluding hydrogens is 238 g/mol. The summed E-state index contributed by atoms with van der Waals surface area (Å²) in [6.07, 6.45) is 7.86. The van der Waals surface area contributed by atoms with Gasteiger partial charge in [-0.25, -0.2) is 0 Å². The monoisotopic (exact) mass is 259 g/mol. The summed E-state index contributed by atoms with van der Waals surface area (Å²) in [7, 11) is 1.66. The first-order chi connectivity index (χ1) is 9.24. The summed E-state index contributed by atoms with van der Waals surface area (Å²) in [5.74, 6) is 3.44. The Hall–Kier alpha value is -1.09. The van der Waals surface area contributed by atoms with Gasteiger partial charge in [-0.15, -0.1) is 0 Å². The number of rotatable bonds is 2. The van der Waals surface area contributed by atoms with E-state index < -0.39 is 5.60 Å². The highest BCUT2D eigenvalue weighted by Crippen LogP contribution is 2.65. The van der Waals surface area contributed by atoms with Gasteiger partial charge in [0.1, 0.15) is 17.0 Å². The minimum absolute atomic E-state index is 0.397. The second-order valence-corrected chi connectivity index (χ2v) is 6.54. The number of pyridine rings is 1. The van der Waals surface area contributed by atoms with Crippen LogP contribution in [0.3, 0.4) is 0 Å². The number of methoxy groups -OCH3 is 1. The van der Waals surface area contributed by atoms with Gasteiger partial charge in [0.2, 0.25) is 0 Å². The summed E-state index contributed by atoms with van der Waals surface area (Å²) in [5.41, 5.74) is 0.0262. The Kier molecular flexibility index (Phi) is 2.44. The van der Waals surface area contributed by atoms with Crippen LogP contribution in [-0.2, 0) is 5.60 Å². The fraction of sp³-hybridized carbons (Fsp3) is 0.688. The maximum absolute atomic E-state index is 11.3. The molecule has 19 heavy (non-hydrogen) atoms. The van der Waals surface area contributed by atoms with E-state index in [9.17, 15) is 5.11 Å². The molecule has 0 aliphatic heterocycles. The molecule has 2 bridgehead atoms. The summed E-state index contributed by atoms with van der Waals surface area (Å²) >= 11 is 0. The highest BCUT2D eigenvalue weighted by Gasteiger charge is 2.62. The van der Waals surface area contributed by atoms with Gasteiger partial charge >= 0.3 is 0 Å². The Morgan fingerprint density at radius 3 is 3.05 bits per heavy atom. The van der Waals surface area contributed by atoms with Crippen molar-refractivity contribution in [3.05, 3.63) is 24.0 Å². The van der Waals surface area contributed by atoms with Crippen molar-refractivity contribution < 1.29 is 9.84 Å². The minimum atomic E-state index is -0.747. The van der Waals surface area contributed by atoms with Crippen molar-refractivity contribution in [1.82, 2.24) is 4.98 Å². The Bertz CT molecular complexity index is 503. The molecule has 1 heterocycles. The molecule has 0 radical (unpaired) electrons. The lowest BCUT2D eigenvalue weighted by molar-refractivity contribution is -0.0561. The first-order valence-corrected chi connectivity index (χ1v) is 7.46. The third kappa shape index (κ3) is 1.45. The van der Waals surface area contributed by atoms with Crippen molar-refractivity contribution >= 4 is 0 Å². The normalized spacial score (nSPS) is 43.5. The quantitative estimate of drug-likeness (QED) is 0.888. The summed E-state index contributed by atoms with van der Waals surface area (Å²) in [6, 6.07) is 3.79. The molecule has 1 aromatic rings. The molecule has 5 unspecified atom stereocenters. The fourth-order valence-corrected chi connectivity index (χ4v) is 5.27. The van der Waals surface area contributed by atoms with Crippen LogP contribution < -0.4 is 4.74 Å². The fourth-order valence-electron chi connectivity index (χ4n) is 5.27. The molecule has 0 amide bonds. The van der Waals surface area contributed by atoms with Crippen LogP contribution in [0.15, 0.2) is 18.3 Å². The van der Waals surface area contributed by atoms with Crippen molar-refractivity contribution in [2.24, 2.45) is 23.7 Å². The van der Waals surface area contributed by atoms with Crippen LogP contribution >= 0.6 is 0 Å². The molecule has 5 atom stereocenters. The van der Waals surface area contributed by atoms with E-state index in [0.29, 0.717) is 11.8 Å². The summed E-state index contributed by atoms with van der Waals surface area (Å²) < 4.78 is 5.42. The SMILES string of the molecule is COc1cccnc1C1(O)CC2CC1C1CCCC21. The Morgan fingerprint density at radius 1 is 1.37 bits per heavy atom. The van der Waals surface area contributed by atoms with E-state index in [4.69, 9.17) is 4.74 Å². The number of hydrogen-bond donors (Lipinski definition) is 1. The molecule has 4 rings (SSSR count). The second-order valence-electron chi connectivity index (χ2n) is 6.54. The van der Waals surface area contributed by atoms with Crippen molar-refractivity contribution in [2.75, 3.05) is 7.11 Å². The van der Waals surface area contributed by atoms with Crippen molar-refractivity contribution in [3.63, 3.8) is 0 Å². The molecule has 3 aliphatic carbocycles. The van der Waals surface area contributed by atoms with Crippen LogP contribution in [0.5, 0.6) is 5.75 Å². The smallest absolute Gasteiger partial charge is 0.143 e. The van der Waals surface area contributed by atoms with Gasteiger partial charge in [0.15, 0.2) is 0 Å². The summed E-state index contributed by atoms with van der Waals surface area (Å²) in [6.45, 7) is 0. The third-order valence-corrected chi connectivity index (χ3v) is 5.89. The van der Waals surface area contributed by atoms with Gasteiger partial charge in [-0.05, 0) is 61.5 Å². The standard InChI is InChI=1S/C16H21NO2/c1-19-14-6-3-7-17-15(14)16(18)9-10-8-13(16)12-5-2-4-11(10)12/h3,6-7,10-13,18H,2,4-5,8-9H2,1H3. The van der Waals surface area contributed by atoms with Gasteiger partial charge in [0.25, 0.3) is 0 Å². The zero-order chi connectivity index (χ0) is 13.0. The number of ether oxygens (including phenoxy) is 1. The molecule has 3 heteroatoms. The second kappa shape index (κ2) is 3.95. The Balaban J connectivity index is 1.75. The molecule has 3 aliphatic rings. The van der Waals surface area contributed by atoms with Gasteiger partial charge in [0, 0.05) is 6.20 Å². The molecule has 0 aromatic carbocycles. The van der Waals surface area contributed by atoms with Crippen LogP contribution in [0.4, 0.5) is 0 Å². The predicted molar refractivity (Wildman–Crippen MR) is 71.7 cm³/mol. The maximum Gasteiger partial charge on any atom is 0.143 e. The maximum atomic E-state index is 11.3. The number of nitrogens with zero attached hydrogens (tertiary/aromatic N) is 1. The van der Waals surface area contributed by atoms with Gasteiger partial charge in [-0.2, -0.15) is 0 Å². The zero-order valence-electron chi connectivity index (χ0n) is 11.4. The topological polar surface area (TPSA) is 42.4 Å².